The first-order chi connectivity index (χ1) is 20.1. The Balaban J connectivity index is 1.73. The van der Waals surface area contributed by atoms with Crippen molar-refractivity contribution < 1.29 is 22.7 Å². The Morgan fingerprint density at radius 1 is 1.02 bits per heavy atom. The van der Waals surface area contributed by atoms with Gasteiger partial charge in [-0.3, -0.25) is 13.9 Å². The number of hydrogen-bond acceptors (Lipinski definition) is 5. The molecule has 0 unspecified atom stereocenters. The van der Waals surface area contributed by atoms with E-state index in [4.69, 9.17) is 16.3 Å². The third-order valence-corrected chi connectivity index (χ3v) is 9.67. The monoisotopic (exact) mass is 611 g/mol. The quantitative estimate of drug-likeness (QED) is 0.283. The molecule has 1 saturated carbocycles. The van der Waals surface area contributed by atoms with Gasteiger partial charge in [0.2, 0.25) is 11.8 Å². The molecule has 2 amide bonds. The maximum absolute atomic E-state index is 14.3. The first-order valence-electron chi connectivity index (χ1n) is 14.2. The van der Waals surface area contributed by atoms with Crippen LogP contribution in [0.15, 0.2) is 77.7 Å². The Morgan fingerprint density at radius 2 is 1.71 bits per heavy atom. The highest BCUT2D eigenvalue weighted by atomic mass is 35.5. The van der Waals surface area contributed by atoms with E-state index in [0.717, 1.165) is 35.6 Å². The summed E-state index contributed by atoms with van der Waals surface area (Å²) in [5.74, 6) is -0.106. The summed E-state index contributed by atoms with van der Waals surface area (Å²) in [6.07, 6.45) is 4.30. The zero-order valence-corrected chi connectivity index (χ0v) is 25.8. The van der Waals surface area contributed by atoms with Crippen LogP contribution in [0, 0.1) is 6.92 Å². The van der Waals surface area contributed by atoms with Crippen LogP contribution in [0.4, 0.5) is 5.69 Å². The van der Waals surface area contributed by atoms with E-state index in [9.17, 15) is 18.0 Å². The lowest BCUT2D eigenvalue weighted by molar-refractivity contribution is -0.140. The van der Waals surface area contributed by atoms with E-state index in [2.05, 4.69) is 5.32 Å². The summed E-state index contributed by atoms with van der Waals surface area (Å²) in [4.78, 5) is 29.3. The molecule has 0 saturated heterocycles. The second-order valence-corrected chi connectivity index (χ2v) is 12.8. The number of ether oxygens (including phenoxy) is 1. The molecule has 1 fully saturated rings. The lowest BCUT2D eigenvalue weighted by Gasteiger charge is -2.34. The van der Waals surface area contributed by atoms with Crippen molar-refractivity contribution in [2.24, 2.45) is 0 Å². The van der Waals surface area contributed by atoms with Gasteiger partial charge in [0.05, 0.1) is 17.7 Å². The highest BCUT2D eigenvalue weighted by Gasteiger charge is 2.35. The fourth-order valence-corrected chi connectivity index (χ4v) is 6.95. The maximum atomic E-state index is 14.3. The van der Waals surface area contributed by atoms with Crippen LogP contribution >= 0.6 is 11.6 Å². The number of carbonyl (C=O) groups is 2. The van der Waals surface area contributed by atoms with Crippen molar-refractivity contribution in [1.29, 1.82) is 0 Å². The number of sulfonamides is 1. The Morgan fingerprint density at radius 3 is 2.36 bits per heavy atom. The van der Waals surface area contributed by atoms with Crippen LogP contribution in [-0.4, -0.2) is 50.9 Å². The molecular weight excluding hydrogens is 574 g/mol. The molecule has 0 heterocycles. The predicted octanol–water partition coefficient (Wildman–Crippen LogP) is 5.72. The zero-order chi connectivity index (χ0) is 30.3. The number of nitrogens with one attached hydrogen (secondary N) is 1. The number of benzene rings is 3. The van der Waals surface area contributed by atoms with Gasteiger partial charge >= 0.3 is 0 Å². The molecule has 1 N–H and O–H groups in total. The molecule has 10 heteroatoms. The molecule has 1 aliphatic rings. The van der Waals surface area contributed by atoms with Crippen LogP contribution in [0.1, 0.15) is 50.2 Å². The van der Waals surface area contributed by atoms with Gasteiger partial charge in [-0.2, -0.15) is 0 Å². The minimum absolute atomic E-state index is 0.00770. The molecule has 0 aliphatic heterocycles. The van der Waals surface area contributed by atoms with Gasteiger partial charge in [0.25, 0.3) is 10.0 Å². The molecule has 3 aromatic carbocycles. The van der Waals surface area contributed by atoms with Crippen molar-refractivity contribution >= 4 is 39.1 Å². The number of methoxy groups -OCH3 is 1. The van der Waals surface area contributed by atoms with E-state index in [-0.39, 0.29) is 23.4 Å². The summed E-state index contributed by atoms with van der Waals surface area (Å²) < 4.78 is 34.5. The van der Waals surface area contributed by atoms with Gasteiger partial charge in [0.15, 0.2) is 0 Å². The average molecular weight is 612 g/mol. The van der Waals surface area contributed by atoms with E-state index in [1.807, 2.05) is 31.2 Å². The van der Waals surface area contributed by atoms with E-state index in [1.54, 1.807) is 38.3 Å². The number of para-hydroxylation sites is 1. The molecule has 0 aromatic heterocycles. The van der Waals surface area contributed by atoms with Crippen molar-refractivity contribution in [3.8, 4) is 5.75 Å². The fraction of sp³-hybridized carbons (Fsp3) is 0.375. The number of nitrogens with zero attached hydrogens (tertiary/aromatic N) is 2. The number of amides is 2. The van der Waals surface area contributed by atoms with Crippen molar-refractivity contribution in [3.05, 3.63) is 88.9 Å². The number of aryl methyl sites for hydroxylation is 1. The second kappa shape index (κ2) is 14.1. The van der Waals surface area contributed by atoms with E-state index >= 15 is 0 Å². The maximum Gasteiger partial charge on any atom is 0.264 e. The standard InChI is InChI=1S/C32H38ClN3O5S/c1-4-29(32(38)34-26-12-6-7-13-26)35(21-24-11-9-14-27(20-24)41-3)31(37)22-36(30-15-8-5-10-23(30)2)42(39,40)28-18-16-25(33)17-19-28/h5,8-11,14-20,26,29H,4,6-7,12-13,21-22H2,1-3H3,(H,34,38)/t29-/m1/s1. The van der Waals surface area contributed by atoms with Gasteiger partial charge in [-0.1, -0.05) is 61.7 Å². The largest absolute Gasteiger partial charge is 0.497 e. The Bertz CT molecular complexity index is 1490. The second-order valence-electron chi connectivity index (χ2n) is 10.5. The molecular formula is C32H38ClN3O5S. The summed E-state index contributed by atoms with van der Waals surface area (Å²) in [6.45, 7) is 3.26. The lowest BCUT2D eigenvalue weighted by atomic mass is 10.1. The van der Waals surface area contributed by atoms with Gasteiger partial charge in [0, 0.05) is 17.6 Å². The Kier molecular flexibility index (Phi) is 10.5. The highest BCUT2D eigenvalue weighted by molar-refractivity contribution is 7.92. The van der Waals surface area contributed by atoms with Crippen molar-refractivity contribution in [3.63, 3.8) is 0 Å². The third-order valence-electron chi connectivity index (χ3n) is 7.64. The summed E-state index contributed by atoms with van der Waals surface area (Å²) in [7, 11) is -2.61. The topological polar surface area (TPSA) is 96.0 Å². The molecule has 8 nitrogen and oxygen atoms in total. The minimum atomic E-state index is -4.17. The Hall–Kier alpha value is -3.56. The van der Waals surface area contributed by atoms with E-state index in [0.29, 0.717) is 28.4 Å². The van der Waals surface area contributed by atoms with Crippen molar-refractivity contribution in [2.75, 3.05) is 18.0 Å². The number of halogens is 1. The van der Waals surface area contributed by atoms with Crippen LogP contribution in [0.2, 0.25) is 5.02 Å². The van der Waals surface area contributed by atoms with Gasteiger partial charge in [0.1, 0.15) is 18.3 Å². The minimum Gasteiger partial charge on any atom is -0.497 e. The highest BCUT2D eigenvalue weighted by Crippen LogP contribution is 2.28. The number of rotatable bonds is 12. The summed E-state index contributed by atoms with van der Waals surface area (Å²) in [5, 5.41) is 3.53. The van der Waals surface area contributed by atoms with E-state index in [1.165, 1.54) is 29.2 Å². The lowest BCUT2D eigenvalue weighted by Crippen LogP contribution is -2.53. The average Bonchev–Trinajstić information content (AvgIpc) is 3.49. The van der Waals surface area contributed by atoms with Gasteiger partial charge < -0.3 is 15.0 Å². The summed E-state index contributed by atoms with van der Waals surface area (Å²) in [5.41, 5.74) is 1.83. The number of carbonyl (C=O) groups excluding carboxylic acids is 2. The number of hydrogen-bond donors (Lipinski definition) is 1. The SMILES string of the molecule is CC[C@H](C(=O)NC1CCCC1)N(Cc1cccc(OC)c1)C(=O)CN(c1ccccc1C)S(=O)(=O)c1ccc(Cl)cc1. The third kappa shape index (κ3) is 7.44. The van der Waals surface area contributed by atoms with Gasteiger partial charge in [-0.15, -0.1) is 0 Å². The van der Waals surface area contributed by atoms with Crippen LogP contribution in [0.5, 0.6) is 5.75 Å². The molecule has 0 spiro atoms. The first kappa shape index (κ1) is 31.4. The van der Waals surface area contributed by atoms with Crippen molar-refractivity contribution in [2.45, 2.75) is 69.5 Å². The Labute approximate surface area is 253 Å². The molecule has 42 heavy (non-hydrogen) atoms. The van der Waals surface area contributed by atoms with E-state index < -0.39 is 28.5 Å². The zero-order valence-electron chi connectivity index (χ0n) is 24.3. The molecule has 0 bridgehead atoms. The molecule has 224 valence electrons. The van der Waals surface area contributed by atoms with Crippen molar-refractivity contribution in [1.82, 2.24) is 10.2 Å². The molecule has 1 aliphatic carbocycles. The summed E-state index contributed by atoms with van der Waals surface area (Å²) in [6, 6.07) is 19.4. The predicted molar refractivity (Wildman–Crippen MR) is 165 cm³/mol. The smallest absolute Gasteiger partial charge is 0.264 e. The summed E-state index contributed by atoms with van der Waals surface area (Å²) >= 11 is 6.03. The number of anilines is 1. The van der Waals surface area contributed by atoms with Crippen LogP contribution < -0.4 is 14.4 Å². The van der Waals surface area contributed by atoms with Crippen LogP contribution in [0.3, 0.4) is 0 Å². The fourth-order valence-electron chi connectivity index (χ4n) is 5.34. The van der Waals surface area contributed by atoms with Crippen LogP contribution in [-0.2, 0) is 26.2 Å². The molecule has 1 atom stereocenters. The normalized spacial score (nSPS) is 14.3. The van der Waals surface area contributed by atoms with Gasteiger partial charge in [-0.25, -0.2) is 8.42 Å². The van der Waals surface area contributed by atoms with Gasteiger partial charge in [-0.05, 0) is 79.8 Å². The van der Waals surface area contributed by atoms with Crippen LogP contribution in [0.25, 0.3) is 0 Å². The molecule has 4 rings (SSSR count). The first-order valence-corrected chi connectivity index (χ1v) is 16.0. The molecule has 3 aromatic rings. The molecule has 0 radical (unpaired) electrons.